The van der Waals surface area contributed by atoms with Crippen LogP contribution >= 0.6 is 0 Å². The Morgan fingerprint density at radius 2 is 1.34 bits per heavy atom. The van der Waals surface area contributed by atoms with Crippen molar-refractivity contribution in [3.05, 3.63) is 0 Å². The molecule has 0 aromatic carbocycles. The molecule has 174 valence electrons. The Morgan fingerprint density at radius 1 is 0.862 bits per heavy atom. The third kappa shape index (κ3) is 5.41. The highest BCUT2D eigenvalue weighted by Crippen LogP contribution is 2.63. The number of halogens is 6. The molecule has 1 aliphatic rings. The highest BCUT2D eigenvalue weighted by molar-refractivity contribution is 5.09. The predicted octanol–water partition coefficient (Wildman–Crippen LogP) is 7.52. The van der Waals surface area contributed by atoms with Gasteiger partial charge in [-0.25, -0.2) is 0 Å². The minimum Gasteiger partial charge on any atom is -0.341 e. The number of hydrogen-bond donors (Lipinski definition) is 0. The Bertz CT molecular complexity index is 521. The molecular formula is C21H36F6O2. The molecule has 0 aromatic rings. The summed E-state index contributed by atoms with van der Waals surface area (Å²) in [6.07, 6.45) is -14.3. The molecule has 8 heteroatoms. The van der Waals surface area contributed by atoms with Gasteiger partial charge in [-0.1, -0.05) is 74.7 Å². The fourth-order valence-corrected chi connectivity index (χ4v) is 5.15. The van der Waals surface area contributed by atoms with Gasteiger partial charge in [0.1, 0.15) is 6.10 Å². The Balaban J connectivity index is 3.37. The Labute approximate surface area is 170 Å². The SMILES string of the molecule is CCCC(C1OC1OC(C(F)(F)F)C(F)(F)F)(C(CC)C(C)(C)CC)C(C)(C)C. The van der Waals surface area contributed by atoms with Crippen LogP contribution in [0.3, 0.4) is 0 Å². The van der Waals surface area contributed by atoms with Gasteiger partial charge in [-0.2, -0.15) is 26.3 Å². The van der Waals surface area contributed by atoms with Crippen LogP contribution in [0.5, 0.6) is 0 Å². The first-order valence-electron chi connectivity index (χ1n) is 10.3. The molecule has 4 atom stereocenters. The molecule has 29 heavy (non-hydrogen) atoms. The number of hydrogen-bond acceptors (Lipinski definition) is 2. The summed E-state index contributed by atoms with van der Waals surface area (Å²) in [5.74, 6) is 0.0359. The minimum atomic E-state index is -5.54. The second-order valence-electron chi connectivity index (χ2n) is 9.87. The molecule has 0 radical (unpaired) electrons. The maximum absolute atomic E-state index is 13.0. The fourth-order valence-electron chi connectivity index (χ4n) is 5.15. The van der Waals surface area contributed by atoms with Gasteiger partial charge in [0.05, 0.1) is 0 Å². The molecule has 0 N–H and O–H groups in total. The Morgan fingerprint density at radius 3 is 1.66 bits per heavy atom. The molecule has 0 spiro atoms. The van der Waals surface area contributed by atoms with E-state index in [2.05, 4.69) is 18.6 Å². The normalized spacial score (nSPS) is 24.5. The third-order valence-corrected chi connectivity index (χ3v) is 6.77. The standard InChI is InChI=1S/C21H36F6O2/c1-9-12-19(17(4,5)6,13(10-2)18(7,8)11-3)14-15(28-14)29-16(20(22,23)24)21(25,26)27/h13-16H,9-12H2,1-8H3. The van der Waals surface area contributed by atoms with Crippen LogP contribution in [-0.4, -0.2) is 30.9 Å². The van der Waals surface area contributed by atoms with Crippen LogP contribution in [-0.2, 0) is 9.47 Å². The molecule has 1 aliphatic heterocycles. The Hall–Kier alpha value is -0.500. The van der Waals surface area contributed by atoms with Crippen LogP contribution in [0.25, 0.3) is 0 Å². The van der Waals surface area contributed by atoms with E-state index in [1.165, 1.54) is 0 Å². The lowest BCUT2D eigenvalue weighted by molar-refractivity contribution is -0.330. The van der Waals surface area contributed by atoms with E-state index >= 15 is 0 Å². The summed E-state index contributed by atoms with van der Waals surface area (Å²) >= 11 is 0. The van der Waals surface area contributed by atoms with Crippen LogP contribution in [0, 0.1) is 22.2 Å². The van der Waals surface area contributed by atoms with Crippen molar-refractivity contribution in [2.45, 2.75) is 112 Å². The second kappa shape index (κ2) is 8.56. The maximum Gasteiger partial charge on any atom is 0.423 e. The van der Waals surface area contributed by atoms with E-state index in [-0.39, 0.29) is 11.3 Å². The first-order valence-corrected chi connectivity index (χ1v) is 10.3. The molecule has 0 amide bonds. The molecular weight excluding hydrogens is 398 g/mol. The molecule has 4 unspecified atom stereocenters. The van der Waals surface area contributed by atoms with Gasteiger partial charge in [-0.05, 0) is 23.2 Å². The lowest BCUT2D eigenvalue weighted by Crippen LogP contribution is -2.53. The minimum absolute atomic E-state index is 0.0359. The quantitative estimate of drug-likeness (QED) is 0.277. The van der Waals surface area contributed by atoms with Crippen LogP contribution < -0.4 is 0 Å². The van der Waals surface area contributed by atoms with Gasteiger partial charge < -0.3 is 9.47 Å². The van der Waals surface area contributed by atoms with E-state index in [1.54, 1.807) is 0 Å². The fraction of sp³-hybridized carbons (Fsp3) is 1.00. The smallest absolute Gasteiger partial charge is 0.341 e. The maximum atomic E-state index is 13.0. The zero-order valence-corrected chi connectivity index (χ0v) is 18.7. The van der Waals surface area contributed by atoms with Crippen molar-refractivity contribution in [2.24, 2.45) is 22.2 Å². The van der Waals surface area contributed by atoms with Gasteiger partial charge in [0.25, 0.3) is 6.10 Å². The number of alkyl halides is 6. The van der Waals surface area contributed by atoms with Crippen molar-refractivity contribution in [1.82, 2.24) is 0 Å². The molecule has 1 saturated heterocycles. The molecule has 0 aromatic heterocycles. The Kier molecular flexibility index (Phi) is 7.83. The molecule has 1 rings (SSSR count). The highest BCUT2D eigenvalue weighted by Gasteiger charge is 2.68. The summed E-state index contributed by atoms with van der Waals surface area (Å²) in [5.41, 5.74) is -1.20. The first-order chi connectivity index (χ1) is 12.9. The zero-order chi connectivity index (χ0) is 23.1. The van der Waals surface area contributed by atoms with Gasteiger partial charge in [-0.15, -0.1) is 0 Å². The van der Waals surface area contributed by atoms with Crippen LogP contribution in [0.15, 0.2) is 0 Å². The van der Waals surface area contributed by atoms with Gasteiger partial charge in [0, 0.05) is 5.41 Å². The zero-order valence-electron chi connectivity index (χ0n) is 18.7. The van der Waals surface area contributed by atoms with Gasteiger partial charge >= 0.3 is 12.4 Å². The number of rotatable bonds is 9. The van der Waals surface area contributed by atoms with Crippen molar-refractivity contribution in [3.63, 3.8) is 0 Å². The third-order valence-electron chi connectivity index (χ3n) is 6.77. The van der Waals surface area contributed by atoms with E-state index in [4.69, 9.17) is 4.74 Å². The number of ether oxygens (including phenoxy) is 2. The van der Waals surface area contributed by atoms with Crippen molar-refractivity contribution in [3.8, 4) is 0 Å². The predicted molar refractivity (Wildman–Crippen MR) is 100 cm³/mol. The summed E-state index contributed by atoms with van der Waals surface area (Å²) in [4.78, 5) is 0. The average Bonchev–Trinajstić information content (AvgIpc) is 3.28. The van der Waals surface area contributed by atoms with Crippen molar-refractivity contribution < 1.29 is 35.8 Å². The van der Waals surface area contributed by atoms with Crippen LogP contribution in [0.1, 0.15) is 81.1 Å². The first kappa shape index (κ1) is 26.5. The van der Waals surface area contributed by atoms with E-state index in [0.29, 0.717) is 6.42 Å². The topological polar surface area (TPSA) is 21.8 Å². The van der Waals surface area contributed by atoms with Crippen LogP contribution in [0.4, 0.5) is 26.3 Å². The lowest BCUT2D eigenvalue weighted by Gasteiger charge is -2.55. The lowest BCUT2D eigenvalue weighted by atomic mass is 9.49. The summed E-state index contributed by atoms with van der Waals surface area (Å²) in [7, 11) is 0. The molecule has 1 fully saturated rings. The van der Waals surface area contributed by atoms with E-state index in [0.717, 1.165) is 19.3 Å². The van der Waals surface area contributed by atoms with E-state index < -0.39 is 41.7 Å². The van der Waals surface area contributed by atoms with Gasteiger partial charge in [0.15, 0.2) is 6.29 Å². The monoisotopic (exact) mass is 434 g/mol. The van der Waals surface area contributed by atoms with Crippen LogP contribution in [0.2, 0.25) is 0 Å². The second-order valence-corrected chi connectivity index (χ2v) is 9.87. The highest BCUT2D eigenvalue weighted by atomic mass is 19.4. The molecule has 1 heterocycles. The molecule has 0 saturated carbocycles. The molecule has 0 aliphatic carbocycles. The summed E-state index contributed by atoms with van der Waals surface area (Å²) in [5, 5.41) is 0. The summed E-state index contributed by atoms with van der Waals surface area (Å²) in [6.45, 7) is 16.2. The van der Waals surface area contributed by atoms with Gasteiger partial charge in [0.2, 0.25) is 0 Å². The van der Waals surface area contributed by atoms with Gasteiger partial charge in [-0.3, -0.25) is 0 Å². The van der Waals surface area contributed by atoms with Crippen molar-refractivity contribution >= 4 is 0 Å². The van der Waals surface area contributed by atoms with E-state index in [1.807, 2.05) is 41.5 Å². The van der Waals surface area contributed by atoms with E-state index in [9.17, 15) is 26.3 Å². The molecule has 0 bridgehead atoms. The van der Waals surface area contributed by atoms with Crippen molar-refractivity contribution in [1.29, 1.82) is 0 Å². The molecule has 2 nitrogen and oxygen atoms in total. The number of epoxide rings is 1. The summed E-state index contributed by atoms with van der Waals surface area (Å²) < 4.78 is 87.9. The largest absolute Gasteiger partial charge is 0.423 e. The average molecular weight is 435 g/mol. The summed E-state index contributed by atoms with van der Waals surface area (Å²) in [6, 6.07) is 0. The van der Waals surface area contributed by atoms with Crippen molar-refractivity contribution in [2.75, 3.05) is 0 Å².